The Hall–Kier alpha value is -1.86. The number of benzene rings is 2. The van der Waals surface area contributed by atoms with Crippen molar-refractivity contribution < 1.29 is 13.2 Å². The van der Waals surface area contributed by atoms with Crippen molar-refractivity contribution in [2.75, 3.05) is 17.3 Å². The second-order valence-electron chi connectivity index (χ2n) is 4.49. The van der Waals surface area contributed by atoms with Crippen molar-refractivity contribution in [1.82, 2.24) is 0 Å². The van der Waals surface area contributed by atoms with Crippen LogP contribution in [-0.2, 0) is 9.84 Å². The molecule has 0 unspecified atom stereocenters. The molecule has 0 radical (unpaired) electrons. The molecular formula is C14H13BrN2O3S. The molecule has 0 saturated carbocycles. The van der Waals surface area contributed by atoms with Gasteiger partial charge in [0.2, 0.25) is 0 Å². The molecule has 21 heavy (non-hydrogen) atoms. The normalized spacial score (nSPS) is 11.1. The fourth-order valence-corrected chi connectivity index (χ4v) is 2.67. The lowest BCUT2D eigenvalue weighted by molar-refractivity contribution is 0.102. The van der Waals surface area contributed by atoms with Crippen LogP contribution in [0.15, 0.2) is 51.8 Å². The molecule has 2 rings (SSSR count). The van der Waals surface area contributed by atoms with E-state index in [1.165, 1.54) is 12.1 Å². The van der Waals surface area contributed by atoms with Gasteiger partial charge in [-0.25, -0.2) is 8.42 Å². The van der Waals surface area contributed by atoms with E-state index in [9.17, 15) is 13.2 Å². The number of halogens is 1. The number of anilines is 2. The predicted octanol–water partition coefficient (Wildman–Crippen LogP) is 2.69. The van der Waals surface area contributed by atoms with E-state index in [0.717, 1.165) is 6.26 Å². The predicted molar refractivity (Wildman–Crippen MR) is 86.1 cm³/mol. The highest BCUT2D eigenvalue weighted by atomic mass is 79.9. The number of carbonyl (C=O) groups excluding carboxylic acids is 1. The maximum atomic E-state index is 12.1. The van der Waals surface area contributed by atoms with Crippen LogP contribution >= 0.6 is 15.9 Å². The van der Waals surface area contributed by atoms with Crippen molar-refractivity contribution in [1.29, 1.82) is 0 Å². The summed E-state index contributed by atoms with van der Waals surface area (Å²) in [6, 6.07) is 10.8. The summed E-state index contributed by atoms with van der Waals surface area (Å²) in [6.45, 7) is 0. The number of nitrogens with one attached hydrogen (secondary N) is 1. The summed E-state index contributed by atoms with van der Waals surface area (Å²) in [5.41, 5.74) is 7.17. The highest BCUT2D eigenvalue weighted by Crippen LogP contribution is 2.21. The van der Waals surface area contributed by atoms with Crippen LogP contribution < -0.4 is 11.1 Å². The Morgan fingerprint density at radius 2 is 1.76 bits per heavy atom. The zero-order valence-corrected chi connectivity index (χ0v) is 13.5. The molecule has 0 saturated heterocycles. The van der Waals surface area contributed by atoms with Gasteiger partial charge in [-0.05, 0) is 58.4 Å². The fraction of sp³-hybridized carbons (Fsp3) is 0.0714. The van der Waals surface area contributed by atoms with Gasteiger partial charge in [0, 0.05) is 27.7 Å². The van der Waals surface area contributed by atoms with Gasteiger partial charge >= 0.3 is 0 Å². The minimum absolute atomic E-state index is 0.204. The van der Waals surface area contributed by atoms with Crippen molar-refractivity contribution in [3.05, 3.63) is 52.5 Å². The number of hydrogen-bond donors (Lipinski definition) is 2. The Morgan fingerprint density at radius 1 is 1.14 bits per heavy atom. The Morgan fingerprint density at radius 3 is 2.29 bits per heavy atom. The van der Waals surface area contributed by atoms with Gasteiger partial charge in [-0.1, -0.05) is 0 Å². The number of amides is 1. The molecule has 0 aliphatic rings. The smallest absolute Gasteiger partial charge is 0.255 e. The van der Waals surface area contributed by atoms with E-state index < -0.39 is 9.84 Å². The van der Waals surface area contributed by atoms with E-state index in [0.29, 0.717) is 21.4 Å². The van der Waals surface area contributed by atoms with E-state index in [1.807, 2.05) is 0 Å². The summed E-state index contributed by atoms with van der Waals surface area (Å²) in [5.74, 6) is -0.303. The van der Waals surface area contributed by atoms with Gasteiger partial charge in [0.05, 0.1) is 4.90 Å². The van der Waals surface area contributed by atoms with Crippen LogP contribution in [0.3, 0.4) is 0 Å². The van der Waals surface area contributed by atoms with Gasteiger partial charge in [-0.2, -0.15) is 0 Å². The monoisotopic (exact) mass is 368 g/mol. The van der Waals surface area contributed by atoms with Crippen LogP contribution in [0.25, 0.3) is 0 Å². The Bertz CT molecular complexity index is 786. The van der Waals surface area contributed by atoms with Crippen molar-refractivity contribution in [3.63, 3.8) is 0 Å². The van der Waals surface area contributed by atoms with Gasteiger partial charge in [0.15, 0.2) is 9.84 Å². The lowest BCUT2D eigenvalue weighted by Gasteiger charge is -2.07. The number of nitrogens with two attached hydrogens (primary N) is 1. The van der Waals surface area contributed by atoms with E-state index in [-0.39, 0.29) is 10.8 Å². The molecule has 3 N–H and O–H groups in total. The van der Waals surface area contributed by atoms with Gasteiger partial charge in [0.25, 0.3) is 5.91 Å². The fourth-order valence-electron chi connectivity index (χ4n) is 1.66. The van der Waals surface area contributed by atoms with Crippen molar-refractivity contribution in [3.8, 4) is 0 Å². The van der Waals surface area contributed by atoms with Gasteiger partial charge in [0.1, 0.15) is 0 Å². The third-order valence-corrected chi connectivity index (χ3v) is 4.62. The van der Waals surface area contributed by atoms with E-state index in [2.05, 4.69) is 21.2 Å². The molecule has 0 heterocycles. The first kappa shape index (κ1) is 15.5. The van der Waals surface area contributed by atoms with Crippen LogP contribution in [-0.4, -0.2) is 20.6 Å². The van der Waals surface area contributed by atoms with Crippen molar-refractivity contribution in [2.45, 2.75) is 4.90 Å². The maximum absolute atomic E-state index is 12.1. The van der Waals surface area contributed by atoms with Gasteiger partial charge in [-0.15, -0.1) is 0 Å². The molecule has 2 aromatic carbocycles. The number of carbonyl (C=O) groups is 1. The number of rotatable bonds is 3. The summed E-state index contributed by atoms with van der Waals surface area (Å²) >= 11 is 3.26. The molecule has 0 fully saturated rings. The molecule has 2 aromatic rings. The minimum Gasteiger partial charge on any atom is -0.398 e. The average molecular weight is 369 g/mol. The van der Waals surface area contributed by atoms with Crippen LogP contribution in [0.4, 0.5) is 11.4 Å². The van der Waals surface area contributed by atoms with Crippen LogP contribution in [0.1, 0.15) is 10.4 Å². The van der Waals surface area contributed by atoms with Crippen molar-refractivity contribution in [2.24, 2.45) is 0 Å². The lowest BCUT2D eigenvalue weighted by atomic mass is 10.2. The molecular weight excluding hydrogens is 356 g/mol. The average Bonchev–Trinajstić information content (AvgIpc) is 2.41. The first-order valence-electron chi connectivity index (χ1n) is 5.94. The molecule has 1 amide bonds. The Balaban J connectivity index is 2.18. The summed E-state index contributed by atoms with van der Waals surface area (Å²) < 4.78 is 23.3. The Labute approximate surface area is 131 Å². The van der Waals surface area contributed by atoms with Crippen LogP contribution in [0.5, 0.6) is 0 Å². The third-order valence-electron chi connectivity index (χ3n) is 2.80. The minimum atomic E-state index is -3.24. The van der Waals surface area contributed by atoms with Gasteiger partial charge in [-0.3, -0.25) is 4.79 Å². The molecule has 0 aliphatic heterocycles. The summed E-state index contributed by atoms with van der Waals surface area (Å²) in [5, 5.41) is 2.69. The summed E-state index contributed by atoms with van der Waals surface area (Å²) in [6.07, 6.45) is 1.13. The SMILES string of the molecule is CS(=O)(=O)c1ccc(NC(=O)c2ccc(N)c(Br)c2)cc1. The molecule has 110 valence electrons. The van der Waals surface area contributed by atoms with E-state index in [4.69, 9.17) is 5.73 Å². The largest absolute Gasteiger partial charge is 0.398 e. The standard InChI is InChI=1S/C14H13BrN2O3S/c1-21(19,20)11-5-3-10(4-6-11)17-14(18)9-2-7-13(16)12(15)8-9/h2-8H,16H2,1H3,(H,17,18). The first-order valence-corrected chi connectivity index (χ1v) is 8.62. The first-order chi connectivity index (χ1) is 9.77. The van der Waals surface area contributed by atoms with Crippen molar-refractivity contribution >= 4 is 43.0 Å². The molecule has 0 aliphatic carbocycles. The molecule has 0 aromatic heterocycles. The molecule has 0 atom stereocenters. The number of nitrogen functional groups attached to an aromatic ring is 1. The van der Waals surface area contributed by atoms with Crippen LogP contribution in [0.2, 0.25) is 0 Å². The maximum Gasteiger partial charge on any atom is 0.255 e. The molecule has 7 heteroatoms. The summed E-state index contributed by atoms with van der Waals surface area (Å²) in [4.78, 5) is 12.3. The number of sulfone groups is 1. The topological polar surface area (TPSA) is 89.3 Å². The number of hydrogen-bond acceptors (Lipinski definition) is 4. The second-order valence-corrected chi connectivity index (χ2v) is 7.36. The molecule has 5 nitrogen and oxygen atoms in total. The molecule has 0 spiro atoms. The van der Waals surface area contributed by atoms with Crippen LogP contribution in [0, 0.1) is 0 Å². The zero-order chi connectivity index (χ0) is 15.6. The quantitative estimate of drug-likeness (QED) is 0.815. The molecule has 0 bridgehead atoms. The van der Waals surface area contributed by atoms with E-state index in [1.54, 1.807) is 30.3 Å². The lowest BCUT2D eigenvalue weighted by Crippen LogP contribution is -2.12. The van der Waals surface area contributed by atoms with E-state index >= 15 is 0 Å². The highest BCUT2D eigenvalue weighted by Gasteiger charge is 2.10. The second kappa shape index (κ2) is 5.87. The Kier molecular flexibility index (Phi) is 4.34. The van der Waals surface area contributed by atoms with Gasteiger partial charge < -0.3 is 11.1 Å². The highest BCUT2D eigenvalue weighted by molar-refractivity contribution is 9.10. The third kappa shape index (κ3) is 3.83. The summed E-state index contributed by atoms with van der Waals surface area (Å²) in [7, 11) is -3.24. The zero-order valence-electron chi connectivity index (χ0n) is 11.1.